The molecule has 1 aliphatic heterocycles. The Morgan fingerprint density at radius 2 is 1.94 bits per heavy atom. The van der Waals surface area contributed by atoms with E-state index < -0.39 is 10.6 Å². The van der Waals surface area contributed by atoms with Crippen LogP contribution in [0.3, 0.4) is 0 Å². The average molecular weight is 423 g/mol. The molecule has 9 heteroatoms. The minimum Gasteiger partial charge on any atom is -0.493 e. The fraction of sp³-hybridized carbons (Fsp3) is 0.273. The molecule has 0 radical (unpaired) electrons. The molecule has 1 aromatic heterocycles. The minimum absolute atomic E-state index is 0.0227. The molecule has 160 valence electrons. The first kappa shape index (κ1) is 20.5. The number of rotatable bonds is 7. The number of aromatic nitrogens is 2. The summed E-state index contributed by atoms with van der Waals surface area (Å²) in [5, 5.41) is 22.7. The highest BCUT2D eigenvalue weighted by Crippen LogP contribution is 2.35. The highest BCUT2D eigenvalue weighted by Gasteiger charge is 2.51. The summed E-state index contributed by atoms with van der Waals surface area (Å²) in [6.45, 7) is 0.736. The van der Waals surface area contributed by atoms with Crippen molar-refractivity contribution in [2.75, 3.05) is 25.7 Å². The third-order valence-electron chi connectivity index (χ3n) is 5.49. The Hall–Kier alpha value is -3.72. The summed E-state index contributed by atoms with van der Waals surface area (Å²) in [7, 11) is 3.18. The highest BCUT2D eigenvalue weighted by molar-refractivity contribution is 5.45. The zero-order chi connectivity index (χ0) is 22.0. The van der Waals surface area contributed by atoms with Gasteiger partial charge in [-0.2, -0.15) is 0 Å². The third-order valence-corrected chi connectivity index (χ3v) is 5.49. The maximum Gasteiger partial charge on any atom is 0.396 e. The number of anilines is 1. The van der Waals surface area contributed by atoms with Crippen molar-refractivity contribution in [3.8, 4) is 11.5 Å². The molecule has 3 aromatic rings. The molecular weight excluding hydrogens is 400 g/mol. The van der Waals surface area contributed by atoms with Gasteiger partial charge in [0.2, 0.25) is 5.72 Å². The van der Waals surface area contributed by atoms with Crippen molar-refractivity contribution in [1.82, 2.24) is 4.98 Å². The molecule has 31 heavy (non-hydrogen) atoms. The largest absolute Gasteiger partial charge is 0.493 e. The molecule has 0 spiro atoms. The fourth-order valence-electron chi connectivity index (χ4n) is 3.89. The SMILES string of the molecule is COc1ccc(CCN2c3nccc[n+]3CC2(O)c2ccc([N+](=O)[O-])cc2)cc1OC. The predicted octanol–water partition coefficient (Wildman–Crippen LogP) is 2.20. The van der Waals surface area contributed by atoms with Crippen LogP contribution in [0.1, 0.15) is 11.1 Å². The van der Waals surface area contributed by atoms with Crippen LogP contribution >= 0.6 is 0 Å². The molecule has 2 aromatic carbocycles. The molecule has 1 aliphatic rings. The number of benzene rings is 2. The molecule has 1 unspecified atom stereocenters. The predicted molar refractivity (Wildman–Crippen MR) is 112 cm³/mol. The molecule has 0 aliphatic carbocycles. The number of hydrogen-bond donors (Lipinski definition) is 1. The number of nitrogens with zero attached hydrogens (tertiary/aromatic N) is 4. The molecule has 2 heterocycles. The van der Waals surface area contributed by atoms with E-state index in [1.165, 1.54) is 12.1 Å². The van der Waals surface area contributed by atoms with Crippen molar-refractivity contribution in [1.29, 1.82) is 0 Å². The second kappa shape index (κ2) is 8.19. The highest BCUT2D eigenvalue weighted by atomic mass is 16.6. The Kier molecular flexibility index (Phi) is 5.43. The number of aliphatic hydroxyl groups is 1. The lowest BCUT2D eigenvalue weighted by Gasteiger charge is -2.28. The molecule has 1 N–H and O–H groups in total. The maximum atomic E-state index is 11.7. The molecule has 4 rings (SSSR count). The van der Waals surface area contributed by atoms with Crippen LogP contribution in [0.2, 0.25) is 0 Å². The van der Waals surface area contributed by atoms with Crippen molar-refractivity contribution >= 4 is 11.6 Å². The fourth-order valence-corrected chi connectivity index (χ4v) is 3.89. The molecule has 0 fully saturated rings. The Morgan fingerprint density at radius 1 is 1.19 bits per heavy atom. The van der Waals surface area contributed by atoms with E-state index >= 15 is 0 Å². The van der Waals surface area contributed by atoms with Crippen LogP contribution in [-0.4, -0.2) is 35.8 Å². The number of fused-ring (bicyclic) bond motifs is 1. The zero-order valence-electron chi connectivity index (χ0n) is 17.3. The van der Waals surface area contributed by atoms with Crippen LogP contribution in [0.15, 0.2) is 60.9 Å². The summed E-state index contributed by atoms with van der Waals surface area (Å²) < 4.78 is 12.6. The number of nitro groups is 1. The van der Waals surface area contributed by atoms with Gasteiger partial charge in [-0.15, -0.1) is 0 Å². The van der Waals surface area contributed by atoms with Crippen LogP contribution in [0.5, 0.6) is 11.5 Å². The van der Waals surface area contributed by atoms with Crippen molar-refractivity contribution in [2.45, 2.75) is 18.7 Å². The van der Waals surface area contributed by atoms with Gasteiger partial charge in [0.25, 0.3) is 5.69 Å². The Balaban J connectivity index is 1.65. The van der Waals surface area contributed by atoms with Gasteiger partial charge in [-0.25, -0.2) is 9.47 Å². The summed E-state index contributed by atoms with van der Waals surface area (Å²) in [4.78, 5) is 16.8. The standard InChI is InChI=1S/C22H23N4O5/c1-30-19-9-4-16(14-20(19)31-2)10-13-25-21-23-11-3-12-24(21)15-22(25,27)17-5-7-18(8-6-17)26(28)29/h3-9,11-12,14,27H,10,13,15H2,1-2H3/q+1. The van der Waals surface area contributed by atoms with E-state index in [-0.39, 0.29) is 12.2 Å². The second-order valence-corrected chi connectivity index (χ2v) is 7.26. The lowest BCUT2D eigenvalue weighted by molar-refractivity contribution is -0.685. The molecular formula is C22H23N4O5+. The van der Waals surface area contributed by atoms with E-state index in [1.54, 1.807) is 38.6 Å². The first-order valence-corrected chi connectivity index (χ1v) is 9.76. The van der Waals surface area contributed by atoms with Gasteiger partial charge in [0, 0.05) is 30.2 Å². The number of non-ortho nitro benzene ring substituents is 1. The quantitative estimate of drug-likeness (QED) is 0.353. The minimum atomic E-state index is -1.38. The normalized spacial score (nSPS) is 17.3. The van der Waals surface area contributed by atoms with E-state index in [0.717, 1.165) is 5.56 Å². The van der Waals surface area contributed by atoms with Gasteiger partial charge in [-0.1, -0.05) is 11.1 Å². The van der Waals surface area contributed by atoms with E-state index in [0.29, 0.717) is 36.0 Å². The summed E-state index contributed by atoms with van der Waals surface area (Å²) in [6, 6.07) is 13.5. The van der Waals surface area contributed by atoms with Gasteiger partial charge in [0.1, 0.15) is 12.7 Å². The van der Waals surface area contributed by atoms with Gasteiger partial charge in [0.05, 0.1) is 31.9 Å². The zero-order valence-corrected chi connectivity index (χ0v) is 17.3. The Labute approximate surface area is 179 Å². The van der Waals surface area contributed by atoms with Gasteiger partial charge in [0.15, 0.2) is 11.5 Å². The molecule has 0 saturated heterocycles. The average Bonchev–Trinajstić information content (AvgIpc) is 3.09. The monoisotopic (exact) mass is 423 g/mol. The molecule has 9 nitrogen and oxygen atoms in total. The van der Waals surface area contributed by atoms with Crippen molar-refractivity contribution in [3.63, 3.8) is 0 Å². The molecule has 0 saturated carbocycles. The number of methoxy groups -OCH3 is 2. The summed E-state index contributed by atoms with van der Waals surface area (Å²) in [5.74, 6) is 1.92. The lowest BCUT2D eigenvalue weighted by atomic mass is 10.0. The smallest absolute Gasteiger partial charge is 0.396 e. The molecule has 0 amide bonds. The third kappa shape index (κ3) is 3.75. The molecule has 0 bridgehead atoms. The van der Waals surface area contributed by atoms with Gasteiger partial charge in [-0.3, -0.25) is 10.1 Å². The van der Waals surface area contributed by atoms with Crippen molar-refractivity contribution < 1.29 is 24.1 Å². The van der Waals surface area contributed by atoms with Crippen LogP contribution in [0.25, 0.3) is 0 Å². The van der Waals surface area contributed by atoms with Crippen LogP contribution in [0, 0.1) is 10.1 Å². The maximum absolute atomic E-state index is 11.7. The first-order chi connectivity index (χ1) is 15.0. The van der Waals surface area contributed by atoms with Gasteiger partial charge >= 0.3 is 5.95 Å². The van der Waals surface area contributed by atoms with E-state index in [2.05, 4.69) is 4.98 Å². The van der Waals surface area contributed by atoms with Crippen LogP contribution in [0.4, 0.5) is 11.6 Å². The summed E-state index contributed by atoms with van der Waals surface area (Å²) >= 11 is 0. The van der Waals surface area contributed by atoms with Crippen molar-refractivity contribution in [2.24, 2.45) is 0 Å². The Bertz CT molecular complexity index is 1110. The first-order valence-electron chi connectivity index (χ1n) is 9.76. The number of nitro benzene ring substituents is 1. The van der Waals surface area contributed by atoms with E-state index in [4.69, 9.17) is 9.47 Å². The van der Waals surface area contributed by atoms with Gasteiger partial charge < -0.3 is 14.6 Å². The number of hydrogen-bond acceptors (Lipinski definition) is 7. The topological polar surface area (TPSA) is 102 Å². The van der Waals surface area contributed by atoms with Gasteiger partial charge in [-0.05, 0) is 29.8 Å². The van der Waals surface area contributed by atoms with Crippen molar-refractivity contribution in [3.05, 3.63) is 82.2 Å². The lowest BCUT2D eigenvalue weighted by Crippen LogP contribution is -2.46. The summed E-state index contributed by atoms with van der Waals surface area (Å²) in [5.41, 5.74) is 0.173. The van der Waals surface area contributed by atoms with Crippen LogP contribution in [-0.2, 0) is 18.7 Å². The van der Waals surface area contributed by atoms with E-state index in [9.17, 15) is 15.2 Å². The molecule has 1 atom stereocenters. The van der Waals surface area contributed by atoms with Crippen LogP contribution < -0.4 is 18.9 Å². The Morgan fingerprint density at radius 3 is 2.61 bits per heavy atom. The summed E-state index contributed by atoms with van der Waals surface area (Å²) in [6.07, 6.45) is 4.15. The second-order valence-electron chi connectivity index (χ2n) is 7.26. The number of ether oxygens (including phenoxy) is 2. The van der Waals surface area contributed by atoms with E-state index in [1.807, 2.05) is 33.9 Å².